The fraction of sp³-hybridized carbons (Fsp3) is 0.333. The van der Waals surface area contributed by atoms with E-state index in [-0.39, 0.29) is 0 Å². The van der Waals surface area contributed by atoms with Gasteiger partial charge in [0, 0.05) is 17.8 Å². The fourth-order valence-corrected chi connectivity index (χ4v) is 3.28. The van der Waals surface area contributed by atoms with E-state index >= 15 is 0 Å². The zero-order chi connectivity index (χ0) is 19.6. The first-order valence-corrected chi connectivity index (χ1v) is 10.3. The number of benzene rings is 2. The number of hydrogen-bond donors (Lipinski definition) is 0. The predicted molar refractivity (Wildman–Crippen MR) is 111 cm³/mol. The van der Waals surface area contributed by atoms with Crippen LogP contribution in [0.15, 0.2) is 54.7 Å². The highest BCUT2D eigenvalue weighted by Gasteiger charge is 2.24. The molecule has 0 atom stereocenters. The molecule has 1 aromatic heterocycles. The van der Waals surface area contributed by atoms with Crippen LogP contribution in [0, 0.1) is 11.8 Å². The molecule has 0 bridgehead atoms. The lowest BCUT2D eigenvalue weighted by atomic mass is 10.1. The van der Waals surface area contributed by atoms with Crippen LogP contribution >= 0.6 is 0 Å². The van der Waals surface area contributed by atoms with Gasteiger partial charge in [-0.15, -0.1) is 0 Å². The van der Waals surface area contributed by atoms with E-state index in [9.17, 15) is 4.79 Å². The number of aromatic nitrogens is 2. The number of aldehydes is 1. The fourth-order valence-electron chi connectivity index (χ4n) is 3.28. The van der Waals surface area contributed by atoms with E-state index < -0.39 is 0 Å². The van der Waals surface area contributed by atoms with Gasteiger partial charge in [0.1, 0.15) is 17.2 Å². The van der Waals surface area contributed by atoms with Gasteiger partial charge in [-0.05, 0) is 61.8 Å². The summed E-state index contributed by atoms with van der Waals surface area (Å²) in [5.74, 6) is 2.87. The Morgan fingerprint density at radius 2 is 1.55 bits per heavy atom. The summed E-state index contributed by atoms with van der Waals surface area (Å²) in [5, 5.41) is 4.69. The summed E-state index contributed by atoms with van der Waals surface area (Å²) >= 11 is 0. The van der Waals surface area contributed by atoms with Crippen molar-refractivity contribution in [2.24, 2.45) is 11.8 Å². The third-order valence-corrected chi connectivity index (χ3v) is 5.41. The average molecular weight is 388 g/mol. The first-order chi connectivity index (χ1) is 14.3. The molecule has 0 saturated heterocycles. The minimum atomic E-state index is 0.543. The summed E-state index contributed by atoms with van der Waals surface area (Å²) in [6, 6.07) is 15.6. The topological polar surface area (TPSA) is 53.4 Å². The average Bonchev–Trinajstić information content (AvgIpc) is 3.69. The highest BCUT2D eigenvalue weighted by atomic mass is 16.5. The van der Waals surface area contributed by atoms with Crippen LogP contribution in [0.4, 0.5) is 0 Å². The van der Waals surface area contributed by atoms with Crippen LogP contribution < -0.4 is 9.47 Å². The van der Waals surface area contributed by atoms with Crippen molar-refractivity contribution in [2.45, 2.75) is 25.7 Å². The molecule has 1 heterocycles. The van der Waals surface area contributed by atoms with Gasteiger partial charge in [-0.1, -0.05) is 18.2 Å². The van der Waals surface area contributed by atoms with Gasteiger partial charge in [0.2, 0.25) is 0 Å². The van der Waals surface area contributed by atoms with E-state index in [1.807, 2.05) is 48.5 Å². The number of para-hydroxylation sites is 1. The molecule has 5 nitrogen and oxygen atoms in total. The molecule has 29 heavy (non-hydrogen) atoms. The first-order valence-electron chi connectivity index (χ1n) is 10.3. The summed E-state index contributed by atoms with van der Waals surface area (Å²) in [4.78, 5) is 11.7. The summed E-state index contributed by atoms with van der Waals surface area (Å²) in [5.41, 5.74) is 2.92. The lowest BCUT2D eigenvalue weighted by Crippen LogP contribution is -2.02. The molecule has 3 aromatic rings. The van der Waals surface area contributed by atoms with Gasteiger partial charge < -0.3 is 9.47 Å². The van der Waals surface area contributed by atoms with E-state index in [0.29, 0.717) is 23.1 Å². The Labute approximate surface area is 170 Å². The normalized spacial score (nSPS) is 15.9. The van der Waals surface area contributed by atoms with Crippen LogP contribution in [-0.2, 0) is 0 Å². The van der Waals surface area contributed by atoms with Gasteiger partial charge in [0.05, 0.1) is 24.5 Å². The highest BCUT2D eigenvalue weighted by molar-refractivity contribution is 5.86. The van der Waals surface area contributed by atoms with Crippen molar-refractivity contribution in [3.63, 3.8) is 0 Å². The number of carbonyl (C=O) groups is 1. The maximum Gasteiger partial charge on any atom is 0.153 e. The molecule has 0 amide bonds. The Hall–Kier alpha value is -3.08. The second-order valence-corrected chi connectivity index (χ2v) is 8.03. The standard InChI is InChI=1S/C24H24N2O3/c27-14-20-13-26(21-4-2-1-3-5-21)25-24(20)19-10-22(28-15-17-6-7-17)12-23(11-19)29-16-18-8-9-18/h1-5,10-14,17-18H,6-9,15-16H2. The zero-order valence-corrected chi connectivity index (χ0v) is 16.3. The van der Waals surface area contributed by atoms with Crippen LogP contribution in [0.25, 0.3) is 16.9 Å². The molecule has 2 aromatic carbocycles. The molecule has 0 radical (unpaired) electrons. The zero-order valence-electron chi connectivity index (χ0n) is 16.3. The van der Waals surface area contributed by atoms with Crippen molar-refractivity contribution in [3.05, 3.63) is 60.3 Å². The van der Waals surface area contributed by atoms with Crippen molar-refractivity contribution in [1.29, 1.82) is 0 Å². The minimum Gasteiger partial charge on any atom is -0.493 e. The van der Waals surface area contributed by atoms with Gasteiger partial charge in [-0.2, -0.15) is 5.10 Å². The molecule has 2 aliphatic rings. The van der Waals surface area contributed by atoms with Gasteiger partial charge in [-0.3, -0.25) is 4.79 Å². The number of ether oxygens (including phenoxy) is 2. The molecule has 0 aliphatic heterocycles. The smallest absolute Gasteiger partial charge is 0.153 e. The number of rotatable bonds is 9. The molecule has 2 fully saturated rings. The summed E-state index contributed by atoms with van der Waals surface area (Å²) in [7, 11) is 0. The summed E-state index contributed by atoms with van der Waals surface area (Å²) in [6.07, 6.45) is 7.57. The third kappa shape index (κ3) is 4.34. The van der Waals surface area contributed by atoms with Crippen LogP contribution in [0.1, 0.15) is 36.0 Å². The van der Waals surface area contributed by atoms with Gasteiger partial charge in [-0.25, -0.2) is 4.68 Å². The van der Waals surface area contributed by atoms with Crippen molar-refractivity contribution in [1.82, 2.24) is 9.78 Å². The third-order valence-electron chi connectivity index (χ3n) is 5.41. The number of carbonyl (C=O) groups excluding carboxylic acids is 1. The molecule has 0 unspecified atom stereocenters. The largest absolute Gasteiger partial charge is 0.493 e. The first kappa shape index (κ1) is 18.0. The molecule has 5 rings (SSSR count). The molecule has 0 spiro atoms. The molecule has 2 saturated carbocycles. The van der Waals surface area contributed by atoms with Crippen molar-refractivity contribution >= 4 is 6.29 Å². The molecule has 2 aliphatic carbocycles. The van der Waals surface area contributed by atoms with Crippen LogP contribution in [0.3, 0.4) is 0 Å². The van der Waals surface area contributed by atoms with E-state index in [1.54, 1.807) is 10.9 Å². The van der Waals surface area contributed by atoms with E-state index in [4.69, 9.17) is 14.6 Å². The number of hydrogen-bond acceptors (Lipinski definition) is 4. The SMILES string of the molecule is O=Cc1cn(-c2ccccc2)nc1-c1cc(OCC2CC2)cc(OCC2CC2)c1. The van der Waals surface area contributed by atoms with Crippen LogP contribution in [0.5, 0.6) is 11.5 Å². The highest BCUT2D eigenvalue weighted by Crippen LogP contribution is 2.35. The van der Waals surface area contributed by atoms with Gasteiger partial charge in [0.15, 0.2) is 6.29 Å². The van der Waals surface area contributed by atoms with E-state index in [0.717, 1.165) is 42.2 Å². The monoisotopic (exact) mass is 388 g/mol. The van der Waals surface area contributed by atoms with Gasteiger partial charge in [0.25, 0.3) is 0 Å². The minimum absolute atomic E-state index is 0.543. The summed E-state index contributed by atoms with van der Waals surface area (Å²) < 4.78 is 13.8. The Morgan fingerprint density at radius 1 is 0.931 bits per heavy atom. The predicted octanol–water partition coefficient (Wildman–Crippen LogP) is 4.93. The maximum absolute atomic E-state index is 11.7. The van der Waals surface area contributed by atoms with Gasteiger partial charge >= 0.3 is 0 Å². The second-order valence-electron chi connectivity index (χ2n) is 8.03. The van der Waals surface area contributed by atoms with E-state index in [2.05, 4.69) is 0 Å². The Balaban J connectivity index is 1.49. The van der Waals surface area contributed by atoms with E-state index in [1.165, 1.54) is 25.7 Å². The van der Waals surface area contributed by atoms with Crippen molar-refractivity contribution in [3.8, 4) is 28.4 Å². The summed E-state index contributed by atoms with van der Waals surface area (Å²) in [6.45, 7) is 1.45. The Morgan fingerprint density at radius 3 is 2.10 bits per heavy atom. The Kier molecular flexibility index (Phi) is 4.80. The lowest BCUT2D eigenvalue weighted by molar-refractivity contribution is 0.112. The molecule has 148 valence electrons. The van der Waals surface area contributed by atoms with Crippen LogP contribution in [0.2, 0.25) is 0 Å². The van der Waals surface area contributed by atoms with Crippen LogP contribution in [-0.4, -0.2) is 29.3 Å². The van der Waals surface area contributed by atoms with Crippen molar-refractivity contribution < 1.29 is 14.3 Å². The molecule has 5 heteroatoms. The maximum atomic E-state index is 11.7. The lowest BCUT2D eigenvalue weighted by Gasteiger charge is -2.12. The number of nitrogens with zero attached hydrogens (tertiary/aromatic N) is 2. The van der Waals surface area contributed by atoms with Crippen molar-refractivity contribution in [2.75, 3.05) is 13.2 Å². The molecular weight excluding hydrogens is 364 g/mol. The Bertz CT molecular complexity index is 970. The second kappa shape index (κ2) is 7.74. The quantitative estimate of drug-likeness (QED) is 0.488. The molecule has 0 N–H and O–H groups in total. The molecular formula is C24H24N2O3.